The number of thioether (sulfide) groups is 3. The van der Waals surface area contributed by atoms with Crippen molar-refractivity contribution in [1.82, 2.24) is 0 Å². The van der Waals surface area contributed by atoms with Crippen molar-refractivity contribution in [2.75, 3.05) is 19.0 Å². The summed E-state index contributed by atoms with van der Waals surface area (Å²) >= 11 is 4.46. The number of ether oxygens (including phenoxy) is 2. The van der Waals surface area contributed by atoms with Crippen molar-refractivity contribution >= 4 is 59.2 Å². The summed E-state index contributed by atoms with van der Waals surface area (Å²) in [4.78, 5) is 45.3. The van der Waals surface area contributed by atoms with E-state index in [0.29, 0.717) is 24.7 Å². The Bertz CT molecular complexity index is 1010. The van der Waals surface area contributed by atoms with Gasteiger partial charge in [-0.15, -0.1) is 35.3 Å². The maximum absolute atomic E-state index is 12.1. The van der Waals surface area contributed by atoms with Gasteiger partial charge in [-0.3, -0.25) is 14.4 Å². The molecule has 1 aromatic carbocycles. The highest BCUT2D eigenvalue weighted by atomic mass is 32.2. The van der Waals surface area contributed by atoms with Crippen LogP contribution in [0.2, 0.25) is 0 Å². The Balaban J connectivity index is 0.00000201. The average molecular weight is 646 g/mol. The van der Waals surface area contributed by atoms with Gasteiger partial charge in [0.1, 0.15) is 6.04 Å². The number of halogens is 3. The largest absolute Gasteiger partial charge is 0.490 e. The fourth-order valence-corrected chi connectivity index (χ4v) is 6.54. The van der Waals surface area contributed by atoms with Gasteiger partial charge >= 0.3 is 30.1 Å². The molecule has 9 nitrogen and oxygen atoms in total. The molecule has 1 aromatic rings. The maximum atomic E-state index is 12.1. The Labute approximate surface area is 250 Å². The van der Waals surface area contributed by atoms with Crippen LogP contribution < -0.4 is 5.73 Å². The lowest BCUT2D eigenvalue weighted by Gasteiger charge is -2.23. The molecule has 1 rings (SSSR count). The smallest absolute Gasteiger partial charge is 0.480 e. The highest BCUT2D eigenvalue weighted by Gasteiger charge is 2.38. The van der Waals surface area contributed by atoms with E-state index in [1.165, 1.54) is 35.3 Å². The highest BCUT2D eigenvalue weighted by Crippen LogP contribution is 2.38. The third-order valence-electron chi connectivity index (χ3n) is 5.65. The van der Waals surface area contributed by atoms with Gasteiger partial charge in [0.2, 0.25) is 0 Å². The number of rotatable bonds is 14. The molecule has 234 valence electrons. The predicted octanol–water partition coefficient (Wildman–Crippen LogP) is 5.12. The molecule has 4 N–H and O–H groups in total. The zero-order valence-electron chi connectivity index (χ0n) is 24.0. The van der Waals surface area contributed by atoms with Gasteiger partial charge in [-0.25, -0.2) is 4.79 Å². The first-order chi connectivity index (χ1) is 18.9. The van der Waals surface area contributed by atoms with Crippen molar-refractivity contribution in [3.8, 4) is 0 Å². The normalized spacial score (nSPS) is 13.3. The molecule has 0 spiro atoms. The third-order valence-corrected chi connectivity index (χ3v) is 9.37. The van der Waals surface area contributed by atoms with Gasteiger partial charge in [-0.05, 0) is 76.3 Å². The quantitative estimate of drug-likeness (QED) is 0.182. The third kappa shape index (κ3) is 13.2. The molecule has 0 aromatic heterocycles. The molecule has 0 aliphatic rings. The van der Waals surface area contributed by atoms with E-state index in [4.69, 9.17) is 25.1 Å². The van der Waals surface area contributed by atoms with Crippen molar-refractivity contribution < 1.29 is 52.0 Å². The molecular weight excluding hydrogens is 607 g/mol. The van der Waals surface area contributed by atoms with Crippen LogP contribution in [0.25, 0.3) is 0 Å². The Morgan fingerprint density at radius 1 is 0.829 bits per heavy atom. The first kappa shape index (κ1) is 38.9. The molecule has 3 unspecified atom stereocenters. The van der Waals surface area contributed by atoms with Crippen LogP contribution in [0, 0.1) is 20.8 Å². The minimum absolute atomic E-state index is 0.240. The van der Waals surface area contributed by atoms with E-state index in [2.05, 4.69) is 6.92 Å². The van der Waals surface area contributed by atoms with Gasteiger partial charge in [0.25, 0.3) is 0 Å². The molecule has 15 heteroatoms. The summed E-state index contributed by atoms with van der Waals surface area (Å²) in [6, 6.07) is -0.964. The number of benzene rings is 1. The number of esters is 2. The lowest BCUT2D eigenvalue weighted by atomic mass is 9.95. The number of carbonyl (C=O) groups is 4. The van der Waals surface area contributed by atoms with Crippen LogP contribution in [-0.4, -0.2) is 75.8 Å². The molecular formula is C26H38F3NO8S3. The molecule has 0 saturated heterocycles. The van der Waals surface area contributed by atoms with Crippen LogP contribution in [-0.2, 0) is 40.2 Å². The van der Waals surface area contributed by atoms with Crippen LogP contribution in [0.15, 0.2) is 4.90 Å². The summed E-state index contributed by atoms with van der Waals surface area (Å²) in [6.07, 6.45) is -5.08. The topological polar surface area (TPSA) is 153 Å². The van der Waals surface area contributed by atoms with E-state index in [-0.39, 0.29) is 28.2 Å². The van der Waals surface area contributed by atoms with Gasteiger partial charge in [0, 0.05) is 22.2 Å². The highest BCUT2D eigenvalue weighted by molar-refractivity contribution is 8.00. The standard InChI is InChI=1S/C24H37NO6S3.C2HF3O2/c1-8-30-23(28)16(6)32-10-18-13(3)19(11-33-17(7)24(29)31-9-2)15(5)21(14(18)4)34-12-20(25)22(26)27;3-2(4,5)1(6)7/h16-17,20H,8-12,25H2,1-7H3,(H,26,27);(H,6,7). The Hall–Kier alpha value is -2.10. The number of hydrogen-bond acceptors (Lipinski definition) is 10. The molecule has 41 heavy (non-hydrogen) atoms. The molecule has 3 atom stereocenters. The number of aliphatic carboxylic acids is 2. The van der Waals surface area contributed by atoms with Crippen molar-refractivity contribution in [2.45, 2.75) is 87.6 Å². The second-order valence-electron chi connectivity index (χ2n) is 8.63. The second kappa shape index (κ2) is 18.4. The number of carbonyl (C=O) groups excluding carboxylic acids is 2. The molecule has 0 saturated carbocycles. The number of nitrogens with two attached hydrogens (primary N) is 1. The summed E-state index contributed by atoms with van der Waals surface area (Å²) in [5.41, 5.74) is 11.2. The maximum Gasteiger partial charge on any atom is 0.490 e. The molecule has 0 radical (unpaired) electrons. The predicted molar refractivity (Wildman–Crippen MR) is 155 cm³/mol. The number of carboxylic acid groups (broad SMARTS) is 2. The summed E-state index contributed by atoms with van der Waals surface area (Å²) in [5, 5.41) is 15.7. The Morgan fingerprint density at radius 2 is 1.20 bits per heavy atom. The van der Waals surface area contributed by atoms with E-state index in [1.807, 2.05) is 27.7 Å². The lowest BCUT2D eigenvalue weighted by Crippen LogP contribution is -2.32. The summed E-state index contributed by atoms with van der Waals surface area (Å²) < 4.78 is 42.0. The van der Waals surface area contributed by atoms with Crippen molar-refractivity contribution in [3.05, 3.63) is 27.8 Å². The summed E-state index contributed by atoms with van der Waals surface area (Å²) in [7, 11) is 0. The zero-order chi connectivity index (χ0) is 32.1. The Morgan fingerprint density at radius 3 is 1.49 bits per heavy atom. The first-order valence-corrected chi connectivity index (χ1v) is 15.6. The molecule has 0 bridgehead atoms. The molecule has 0 heterocycles. The van der Waals surface area contributed by atoms with Crippen molar-refractivity contribution in [1.29, 1.82) is 0 Å². The first-order valence-electron chi connectivity index (χ1n) is 12.5. The van der Waals surface area contributed by atoms with Crippen molar-refractivity contribution in [3.63, 3.8) is 0 Å². The van der Waals surface area contributed by atoms with Crippen LogP contribution in [0.5, 0.6) is 0 Å². The van der Waals surface area contributed by atoms with Crippen molar-refractivity contribution in [2.24, 2.45) is 5.73 Å². The van der Waals surface area contributed by atoms with E-state index < -0.39 is 24.2 Å². The summed E-state index contributed by atoms with van der Waals surface area (Å²) in [6.45, 7) is 14.0. The second-order valence-corrected chi connectivity index (χ2v) is 12.3. The molecule has 0 aliphatic carbocycles. The SMILES string of the molecule is CCOC(=O)C(C)SCc1c(C)c(CSC(C)C(=O)OCC)c(C)c(SCC(N)C(=O)O)c1C.O=C(O)C(F)(F)F. The lowest BCUT2D eigenvalue weighted by molar-refractivity contribution is -0.192. The van der Waals surface area contributed by atoms with Crippen LogP contribution in [0.3, 0.4) is 0 Å². The minimum atomic E-state index is -5.08. The summed E-state index contributed by atoms with van der Waals surface area (Å²) in [5.74, 6) is -2.80. The van der Waals surface area contributed by atoms with Crippen LogP contribution in [0.1, 0.15) is 55.5 Å². The average Bonchev–Trinajstić information content (AvgIpc) is 2.87. The van der Waals surface area contributed by atoms with Gasteiger partial charge in [-0.2, -0.15) is 13.2 Å². The number of alkyl halides is 3. The van der Waals surface area contributed by atoms with E-state index in [0.717, 1.165) is 32.7 Å². The number of hydrogen-bond donors (Lipinski definition) is 3. The fourth-order valence-electron chi connectivity index (χ4n) is 3.27. The molecule has 0 fully saturated rings. The number of carboxylic acids is 2. The van der Waals surface area contributed by atoms with Gasteiger partial charge < -0.3 is 25.4 Å². The van der Waals surface area contributed by atoms with Crippen LogP contribution in [0.4, 0.5) is 13.2 Å². The Kier molecular flexibility index (Phi) is 17.5. The fraction of sp³-hybridized carbons (Fsp3) is 0.615. The van der Waals surface area contributed by atoms with Gasteiger partial charge in [0.05, 0.1) is 23.7 Å². The minimum Gasteiger partial charge on any atom is -0.480 e. The van der Waals surface area contributed by atoms with Gasteiger partial charge in [-0.1, -0.05) is 0 Å². The van der Waals surface area contributed by atoms with Crippen LogP contribution >= 0.6 is 35.3 Å². The van der Waals surface area contributed by atoms with Gasteiger partial charge in [0.15, 0.2) is 0 Å². The monoisotopic (exact) mass is 645 g/mol. The zero-order valence-corrected chi connectivity index (χ0v) is 26.5. The molecule has 0 amide bonds. The van der Waals surface area contributed by atoms with E-state index >= 15 is 0 Å². The van der Waals surface area contributed by atoms with E-state index in [1.54, 1.807) is 13.8 Å². The van der Waals surface area contributed by atoms with E-state index in [9.17, 15) is 32.7 Å². The molecule has 0 aliphatic heterocycles.